The van der Waals surface area contributed by atoms with E-state index in [1.165, 1.54) is 0 Å². The number of fused-ring (bicyclic) bond motifs is 1. The maximum Gasteiger partial charge on any atom is 0.106 e. The molecule has 2 aromatic rings. The molecule has 1 heterocycles. The van der Waals surface area contributed by atoms with Crippen molar-refractivity contribution in [3.63, 3.8) is 0 Å². The lowest BCUT2D eigenvalue weighted by Gasteiger charge is -2.09. The highest BCUT2D eigenvalue weighted by molar-refractivity contribution is 5.76. The van der Waals surface area contributed by atoms with E-state index in [9.17, 15) is 5.11 Å². The topological polar surface area (TPSA) is 38.1 Å². The van der Waals surface area contributed by atoms with Gasteiger partial charge in [0.05, 0.1) is 17.1 Å². The summed E-state index contributed by atoms with van der Waals surface area (Å²) in [5, 5.41) is 9.92. The summed E-state index contributed by atoms with van der Waals surface area (Å²) in [6.45, 7) is 4.06. The molecular weight excluding hydrogens is 200 g/mol. The van der Waals surface area contributed by atoms with Crippen molar-refractivity contribution in [3.05, 3.63) is 29.6 Å². The molecule has 1 atom stereocenters. The maximum atomic E-state index is 9.92. The van der Waals surface area contributed by atoms with Gasteiger partial charge in [-0.1, -0.05) is 19.4 Å². The fourth-order valence-corrected chi connectivity index (χ4v) is 1.98. The van der Waals surface area contributed by atoms with Crippen LogP contribution in [0.4, 0.5) is 0 Å². The standard InChI is InChI=1S/C13H18N2O/c1-4-5-13(16)10-6-7-12-11(8-10)14-9(2)15(12)3/h6-8,13,16H,4-5H2,1-3H3. The summed E-state index contributed by atoms with van der Waals surface area (Å²) in [5.74, 6) is 0.997. The number of aromatic nitrogens is 2. The SMILES string of the molecule is CCCC(O)c1ccc2c(c1)nc(C)n2C. The first-order chi connectivity index (χ1) is 7.63. The Balaban J connectivity index is 2.44. The molecule has 2 rings (SSSR count). The molecule has 0 amide bonds. The van der Waals surface area contributed by atoms with Crippen LogP contribution in [0.5, 0.6) is 0 Å². The average Bonchev–Trinajstić information content (AvgIpc) is 2.55. The third-order valence-electron chi connectivity index (χ3n) is 3.08. The van der Waals surface area contributed by atoms with Crippen molar-refractivity contribution in [1.82, 2.24) is 9.55 Å². The van der Waals surface area contributed by atoms with E-state index < -0.39 is 0 Å². The third-order valence-corrected chi connectivity index (χ3v) is 3.08. The van der Waals surface area contributed by atoms with Crippen molar-refractivity contribution in [2.75, 3.05) is 0 Å². The molecule has 0 aliphatic heterocycles. The van der Waals surface area contributed by atoms with Gasteiger partial charge in [-0.2, -0.15) is 0 Å². The molecule has 0 spiro atoms. The van der Waals surface area contributed by atoms with Gasteiger partial charge in [-0.05, 0) is 31.0 Å². The Morgan fingerprint density at radius 2 is 2.19 bits per heavy atom. The van der Waals surface area contributed by atoms with E-state index in [0.717, 1.165) is 35.3 Å². The van der Waals surface area contributed by atoms with Gasteiger partial charge in [0, 0.05) is 7.05 Å². The summed E-state index contributed by atoms with van der Waals surface area (Å²) in [7, 11) is 2.01. The van der Waals surface area contributed by atoms with Crippen molar-refractivity contribution >= 4 is 11.0 Å². The maximum absolute atomic E-state index is 9.92. The van der Waals surface area contributed by atoms with Gasteiger partial charge in [-0.3, -0.25) is 0 Å². The van der Waals surface area contributed by atoms with E-state index in [-0.39, 0.29) is 6.10 Å². The summed E-state index contributed by atoms with van der Waals surface area (Å²) in [5.41, 5.74) is 3.05. The minimum Gasteiger partial charge on any atom is -0.388 e. The molecule has 0 fully saturated rings. The lowest BCUT2D eigenvalue weighted by atomic mass is 10.0. The minimum absolute atomic E-state index is 0.364. The zero-order valence-corrected chi connectivity index (χ0v) is 10.1. The molecule has 16 heavy (non-hydrogen) atoms. The fraction of sp³-hybridized carbons (Fsp3) is 0.462. The van der Waals surface area contributed by atoms with Crippen molar-refractivity contribution in [3.8, 4) is 0 Å². The highest BCUT2D eigenvalue weighted by Crippen LogP contribution is 2.23. The Bertz CT molecular complexity index is 502. The zero-order valence-electron chi connectivity index (χ0n) is 10.1. The van der Waals surface area contributed by atoms with Crippen molar-refractivity contribution in [2.45, 2.75) is 32.8 Å². The Morgan fingerprint density at radius 3 is 2.88 bits per heavy atom. The van der Waals surface area contributed by atoms with Crippen LogP contribution in [-0.2, 0) is 7.05 Å². The molecular formula is C13H18N2O. The molecule has 1 N–H and O–H groups in total. The number of hydrogen-bond acceptors (Lipinski definition) is 2. The summed E-state index contributed by atoms with van der Waals surface area (Å²) in [6.07, 6.45) is 1.43. The molecule has 0 aliphatic rings. The Kier molecular flexibility index (Phi) is 2.97. The highest BCUT2D eigenvalue weighted by Gasteiger charge is 2.09. The third kappa shape index (κ3) is 1.83. The van der Waals surface area contributed by atoms with Gasteiger partial charge >= 0.3 is 0 Å². The van der Waals surface area contributed by atoms with Crippen LogP contribution < -0.4 is 0 Å². The van der Waals surface area contributed by atoms with E-state index >= 15 is 0 Å². The van der Waals surface area contributed by atoms with Crippen LogP contribution in [0.25, 0.3) is 11.0 Å². The second-order valence-corrected chi connectivity index (χ2v) is 4.27. The summed E-state index contributed by atoms with van der Waals surface area (Å²) in [6, 6.07) is 6.01. The van der Waals surface area contributed by atoms with Crippen LogP contribution in [0.15, 0.2) is 18.2 Å². The summed E-state index contributed by atoms with van der Waals surface area (Å²) < 4.78 is 2.06. The average molecular weight is 218 g/mol. The molecule has 0 saturated carbocycles. The van der Waals surface area contributed by atoms with Crippen molar-refractivity contribution in [2.24, 2.45) is 7.05 Å². The monoisotopic (exact) mass is 218 g/mol. The van der Waals surface area contributed by atoms with Crippen molar-refractivity contribution < 1.29 is 5.11 Å². The molecule has 1 aromatic heterocycles. The Morgan fingerprint density at radius 1 is 1.44 bits per heavy atom. The first-order valence-corrected chi connectivity index (χ1v) is 5.74. The summed E-state index contributed by atoms with van der Waals surface area (Å²) in [4.78, 5) is 4.47. The quantitative estimate of drug-likeness (QED) is 0.860. The number of aliphatic hydroxyl groups excluding tert-OH is 1. The van der Waals surface area contributed by atoms with E-state index in [2.05, 4.69) is 16.5 Å². The molecule has 86 valence electrons. The van der Waals surface area contributed by atoms with Gasteiger partial charge < -0.3 is 9.67 Å². The lowest BCUT2D eigenvalue weighted by molar-refractivity contribution is 0.166. The fourth-order valence-electron chi connectivity index (χ4n) is 1.98. The molecule has 0 radical (unpaired) electrons. The number of benzene rings is 1. The molecule has 0 bridgehead atoms. The van der Waals surface area contributed by atoms with E-state index in [4.69, 9.17) is 0 Å². The predicted octanol–water partition coefficient (Wildman–Crippen LogP) is 2.72. The predicted molar refractivity (Wildman–Crippen MR) is 65.3 cm³/mol. The largest absolute Gasteiger partial charge is 0.388 e. The minimum atomic E-state index is -0.364. The van der Waals surface area contributed by atoms with E-state index in [0.29, 0.717) is 0 Å². The van der Waals surface area contributed by atoms with Crippen molar-refractivity contribution in [1.29, 1.82) is 0 Å². The second-order valence-electron chi connectivity index (χ2n) is 4.27. The number of rotatable bonds is 3. The number of aliphatic hydroxyl groups is 1. The van der Waals surface area contributed by atoms with Gasteiger partial charge in [-0.25, -0.2) is 4.98 Å². The molecule has 1 unspecified atom stereocenters. The van der Waals surface area contributed by atoms with Crippen LogP contribution in [-0.4, -0.2) is 14.7 Å². The number of aryl methyl sites for hydroxylation is 2. The van der Waals surface area contributed by atoms with E-state index in [1.807, 2.05) is 32.2 Å². The van der Waals surface area contributed by atoms with Gasteiger partial charge in [0.2, 0.25) is 0 Å². The molecule has 3 heteroatoms. The van der Waals surface area contributed by atoms with Gasteiger partial charge in [0.1, 0.15) is 5.82 Å². The van der Waals surface area contributed by atoms with E-state index in [1.54, 1.807) is 0 Å². The molecule has 3 nitrogen and oxygen atoms in total. The van der Waals surface area contributed by atoms with Crippen LogP contribution in [0, 0.1) is 6.92 Å². The Hall–Kier alpha value is -1.35. The first kappa shape index (κ1) is 11.1. The normalized spacial score (nSPS) is 13.2. The number of hydrogen-bond donors (Lipinski definition) is 1. The number of imidazole rings is 1. The molecule has 1 aromatic carbocycles. The van der Waals surface area contributed by atoms with Crippen LogP contribution in [0.2, 0.25) is 0 Å². The Labute approximate surface area is 95.7 Å². The smallest absolute Gasteiger partial charge is 0.106 e. The van der Waals surface area contributed by atoms with Gasteiger partial charge in [-0.15, -0.1) is 0 Å². The van der Waals surface area contributed by atoms with Gasteiger partial charge in [0.25, 0.3) is 0 Å². The van der Waals surface area contributed by atoms with Crippen LogP contribution in [0.1, 0.15) is 37.3 Å². The second kappa shape index (κ2) is 4.26. The zero-order chi connectivity index (χ0) is 11.7. The summed E-state index contributed by atoms with van der Waals surface area (Å²) >= 11 is 0. The first-order valence-electron chi connectivity index (χ1n) is 5.74. The van der Waals surface area contributed by atoms with Crippen LogP contribution in [0.3, 0.4) is 0 Å². The molecule has 0 aliphatic carbocycles. The number of nitrogens with zero attached hydrogens (tertiary/aromatic N) is 2. The molecule has 0 saturated heterocycles. The highest BCUT2D eigenvalue weighted by atomic mass is 16.3. The van der Waals surface area contributed by atoms with Gasteiger partial charge in [0.15, 0.2) is 0 Å². The lowest BCUT2D eigenvalue weighted by Crippen LogP contribution is -1.96. The van der Waals surface area contributed by atoms with Crippen LogP contribution >= 0.6 is 0 Å².